The van der Waals surface area contributed by atoms with E-state index in [1.807, 2.05) is 12.1 Å². The van der Waals surface area contributed by atoms with Gasteiger partial charge in [0.2, 0.25) is 0 Å². The molecule has 5 nitrogen and oxygen atoms in total. The maximum Gasteiger partial charge on any atom is 0.326 e. The average Bonchev–Trinajstić information content (AvgIpc) is 2.87. The van der Waals surface area contributed by atoms with Gasteiger partial charge in [0.15, 0.2) is 0 Å². The fraction of sp³-hybridized carbons (Fsp3) is 0.556. The van der Waals surface area contributed by atoms with Crippen LogP contribution in [0.15, 0.2) is 24.3 Å². The van der Waals surface area contributed by atoms with Gasteiger partial charge in [0.25, 0.3) is 0 Å². The standard InChI is InChI=1S/C18H24ClNO4/c1-5-23-16(21)14-10-18(4,17(22)24-11(2)3)20-15(14)12-6-8-13(19)9-7-12/h6-9,11,14-15,20H,5,10H2,1-4H3/t14-,15+,18?/m1/s1. The second-order valence-electron chi connectivity index (χ2n) is 6.52. The van der Waals surface area contributed by atoms with Crippen LogP contribution in [-0.2, 0) is 19.1 Å². The van der Waals surface area contributed by atoms with E-state index in [0.29, 0.717) is 18.1 Å². The maximum atomic E-state index is 12.5. The van der Waals surface area contributed by atoms with Gasteiger partial charge in [-0.25, -0.2) is 0 Å². The molecule has 24 heavy (non-hydrogen) atoms. The minimum Gasteiger partial charge on any atom is -0.466 e. The fourth-order valence-electron chi connectivity index (χ4n) is 3.00. The zero-order valence-corrected chi connectivity index (χ0v) is 15.2. The van der Waals surface area contributed by atoms with Crippen LogP contribution in [-0.4, -0.2) is 30.2 Å². The van der Waals surface area contributed by atoms with Gasteiger partial charge in [0.05, 0.1) is 18.6 Å². The summed E-state index contributed by atoms with van der Waals surface area (Å²) in [5, 5.41) is 3.90. The lowest BCUT2D eigenvalue weighted by molar-refractivity contribution is -0.154. The zero-order chi connectivity index (χ0) is 17.9. The molecule has 1 aromatic rings. The molecule has 0 bridgehead atoms. The zero-order valence-electron chi connectivity index (χ0n) is 14.5. The second kappa shape index (κ2) is 7.53. The number of nitrogens with one attached hydrogen (secondary N) is 1. The van der Waals surface area contributed by atoms with Crippen molar-refractivity contribution in [2.24, 2.45) is 5.92 Å². The van der Waals surface area contributed by atoms with Crippen molar-refractivity contribution in [1.29, 1.82) is 0 Å². The molecule has 1 aromatic carbocycles. The second-order valence-corrected chi connectivity index (χ2v) is 6.96. The van der Waals surface area contributed by atoms with Crippen LogP contribution in [0.4, 0.5) is 0 Å². The van der Waals surface area contributed by atoms with Crippen molar-refractivity contribution < 1.29 is 19.1 Å². The van der Waals surface area contributed by atoms with Gasteiger partial charge < -0.3 is 9.47 Å². The molecule has 3 atom stereocenters. The molecule has 0 spiro atoms. The number of carbonyl (C=O) groups is 2. The van der Waals surface area contributed by atoms with Crippen LogP contribution in [0.1, 0.15) is 45.7 Å². The Morgan fingerprint density at radius 1 is 1.33 bits per heavy atom. The molecular weight excluding hydrogens is 330 g/mol. The predicted octanol–water partition coefficient (Wildman–Crippen LogP) is 3.26. The molecule has 0 amide bonds. The first-order chi connectivity index (χ1) is 11.3. The summed E-state index contributed by atoms with van der Waals surface area (Å²) in [6.45, 7) is 7.44. The minimum atomic E-state index is -0.938. The third-order valence-corrected chi connectivity index (χ3v) is 4.37. The smallest absolute Gasteiger partial charge is 0.326 e. The number of ether oxygens (including phenoxy) is 2. The number of rotatable bonds is 5. The van der Waals surface area contributed by atoms with E-state index in [0.717, 1.165) is 5.56 Å². The Hall–Kier alpha value is -1.59. The molecule has 1 unspecified atom stereocenters. The van der Waals surface area contributed by atoms with E-state index in [-0.39, 0.29) is 24.1 Å². The number of hydrogen-bond donors (Lipinski definition) is 1. The van der Waals surface area contributed by atoms with Crippen molar-refractivity contribution in [3.8, 4) is 0 Å². The predicted molar refractivity (Wildman–Crippen MR) is 91.7 cm³/mol. The largest absolute Gasteiger partial charge is 0.466 e. The summed E-state index contributed by atoms with van der Waals surface area (Å²) in [7, 11) is 0. The first kappa shape index (κ1) is 18.7. The van der Waals surface area contributed by atoms with E-state index in [2.05, 4.69) is 5.32 Å². The molecule has 132 valence electrons. The van der Waals surface area contributed by atoms with Crippen LogP contribution in [0, 0.1) is 5.92 Å². The van der Waals surface area contributed by atoms with Crippen LogP contribution < -0.4 is 5.32 Å². The van der Waals surface area contributed by atoms with E-state index in [9.17, 15) is 9.59 Å². The summed E-state index contributed by atoms with van der Waals surface area (Å²) in [4.78, 5) is 24.9. The highest BCUT2D eigenvalue weighted by atomic mass is 35.5. The van der Waals surface area contributed by atoms with Crippen molar-refractivity contribution in [2.45, 2.75) is 51.8 Å². The van der Waals surface area contributed by atoms with Crippen molar-refractivity contribution in [3.63, 3.8) is 0 Å². The summed E-state index contributed by atoms with van der Waals surface area (Å²) in [5.41, 5.74) is -0.0510. The summed E-state index contributed by atoms with van der Waals surface area (Å²) >= 11 is 5.94. The van der Waals surface area contributed by atoms with Crippen LogP contribution in [0.5, 0.6) is 0 Å². The van der Waals surface area contributed by atoms with Gasteiger partial charge in [-0.05, 0) is 51.8 Å². The number of benzene rings is 1. The van der Waals surface area contributed by atoms with Gasteiger partial charge in [-0.2, -0.15) is 0 Å². The first-order valence-electron chi connectivity index (χ1n) is 8.17. The molecule has 1 aliphatic rings. The Balaban J connectivity index is 2.30. The van der Waals surface area contributed by atoms with Gasteiger partial charge >= 0.3 is 11.9 Å². The molecule has 1 aliphatic heterocycles. The highest BCUT2D eigenvalue weighted by Crippen LogP contribution is 2.40. The van der Waals surface area contributed by atoms with E-state index in [1.165, 1.54) is 0 Å². The lowest BCUT2D eigenvalue weighted by Gasteiger charge is -2.25. The molecule has 1 heterocycles. The topological polar surface area (TPSA) is 64.6 Å². The monoisotopic (exact) mass is 353 g/mol. The van der Waals surface area contributed by atoms with E-state index < -0.39 is 11.5 Å². The normalized spacial score (nSPS) is 26.4. The van der Waals surface area contributed by atoms with Crippen LogP contribution in [0.3, 0.4) is 0 Å². The van der Waals surface area contributed by atoms with Crippen molar-refractivity contribution >= 4 is 23.5 Å². The Kier molecular flexibility index (Phi) is 5.88. The molecule has 1 saturated heterocycles. The molecule has 6 heteroatoms. The maximum absolute atomic E-state index is 12.5. The SMILES string of the molecule is CCOC(=O)[C@@H]1CC(C)(C(=O)OC(C)C)N[C@H]1c1ccc(Cl)cc1. The quantitative estimate of drug-likeness (QED) is 0.823. The van der Waals surface area contributed by atoms with Gasteiger partial charge in [0.1, 0.15) is 5.54 Å². The molecule has 0 radical (unpaired) electrons. The number of esters is 2. The molecule has 0 saturated carbocycles. The van der Waals surface area contributed by atoms with Crippen LogP contribution in [0.2, 0.25) is 5.02 Å². The molecule has 0 aromatic heterocycles. The Labute approximate surface area is 147 Å². The fourth-order valence-corrected chi connectivity index (χ4v) is 3.13. The Bertz CT molecular complexity index is 602. The third kappa shape index (κ3) is 4.08. The van der Waals surface area contributed by atoms with Crippen LogP contribution >= 0.6 is 11.6 Å². The van der Waals surface area contributed by atoms with Crippen molar-refractivity contribution in [3.05, 3.63) is 34.9 Å². The summed E-state index contributed by atoms with van der Waals surface area (Å²) in [6, 6.07) is 6.91. The Morgan fingerprint density at radius 3 is 2.50 bits per heavy atom. The highest BCUT2D eigenvalue weighted by molar-refractivity contribution is 6.30. The Morgan fingerprint density at radius 2 is 1.96 bits per heavy atom. The number of hydrogen-bond acceptors (Lipinski definition) is 5. The van der Waals surface area contributed by atoms with E-state index >= 15 is 0 Å². The molecular formula is C18H24ClNO4. The van der Waals surface area contributed by atoms with E-state index in [1.54, 1.807) is 39.8 Å². The molecule has 0 aliphatic carbocycles. The molecule has 1 fully saturated rings. The van der Waals surface area contributed by atoms with Gasteiger partial charge in [-0.1, -0.05) is 23.7 Å². The van der Waals surface area contributed by atoms with Crippen LogP contribution in [0.25, 0.3) is 0 Å². The van der Waals surface area contributed by atoms with Crippen molar-refractivity contribution in [2.75, 3.05) is 6.61 Å². The summed E-state index contributed by atoms with van der Waals surface area (Å²) in [6.07, 6.45) is 0.108. The van der Waals surface area contributed by atoms with E-state index in [4.69, 9.17) is 21.1 Å². The molecule has 2 rings (SSSR count). The average molecular weight is 354 g/mol. The van der Waals surface area contributed by atoms with Gasteiger partial charge in [-0.15, -0.1) is 0 Å². The summed E-state index contributed by atoms with van der Waals surface area (Å²) < 4.78 is 10.6. The lowest BCUT2D eigenvalue weighted by Crippen LogP contribution is -2.47. The minimum absolute atomic E-state index is 0.216. The first-order valence-corrected chi connectivity index (χ1v) is 8.55. The highest BCUT2D eigenvalue weighted by Gasteiger charge is 2.51. The third-order valence-electron chi connectivity index (χ3n) is 4.12. The number of carbonyl (C=O) groups excluding carboxylic acids is 2. The lowest BCUT2D eigenvalue weighted by atomic mass is 9.90. The number of halogens is 1. The molecule has 1 N–H and O–H groups in total. The summed E-state index contributed by atoms with van der Waals surface area (Å²) in [5.74, 6) is -1.13. The van der Waals surface area contributed by atoms with Crippen molar-refractivity contribution in [1.82, 2.24) is 5.32 Å². The van der Waals surface area contributed by atoms with Gasteiger partial charge in [0, 0.05) is 11.1 Å². The van der Waals surface area contributed by atoms with Gasteiger partial charge in [-0.3, -0.25) is 14.9 Å².